The quantitative estimate of drug-likeness (QED) is 0.546. The highest BCUT2D eigenvalue weighted by Gasteiger charge is 2.28. The molecule has 1 aliphatic rings. The Morgan fingerprint density at radius 1 is 1.38 bits per heavy atom. The topological polar surface area (TPSA) is 20.2 Å². The Bertz CT molecular complexity index is 72.5. The molecule has 0 spiro atoms. The molecule has 0 aromatic heterocycles. The van der Waals surface area contributed by atoms with Gasteiger partial charge in [-0.3, -0.25) is 0 Å². The third-order valence-corrected chi connectivity index (χ3v) is 2.00. The van der Waals surface area contributed by atoms with E-state index in [2.05, 4.69) is 6.92 Å². The van der Waals surface area contributed by atoms with Crippen molar-refractivity contribution in [3.63, 3.8) is 0 Å². The molecule has 1 saturated carbocycles. The smallest absolute Gasteiger partial charge is 0.0647 e. The van der Waals surface area contributed by atoms with E-state index in [1.54, 1.807) is 0 Å². The van der Waals surface area contributed by atoms with Gasteiger partial charge in [0, 0.05) is 0 Å². The van der Waals surface area contributed by atoms with Gasteiger partial charge in [0.15, 0.2) is 0 Å². The van der Waals surface area contributed by atoms with Crippen LogP contribution in [0.25, 0.3) is 0 Å². The maximum atomic E-state index is 9.44. The molecule has 0 atom stereocenters. The summed E-state index contributed by atoms with van der Waals surface area (Å²) in [6, 6.07) is 0. The summed E-state index contributed by atoms with van der Waals surface area (Å²) in [5.41, 5.74) is -0.375. The standard InChI is InChI=1S/C7H13O/c1-2-7(8)5-3-4-6-7/h8H,1-6H2. The van der Waals surface area contributed by atoms with Crippen LogP contribution in [0.1, 0.15) is 32.1 Å². The fourth-order valence-electron chi connectivity index (χ4n) is 1.28. The molecule has 47 valence electrons. The molecule has 1 aliphatic carbocycles. The first-order chi connectivity index (χ1) is 3.77. The summed E-state index contributed by atoms with van der Waals surface area (Å²) in [6.07, 6.45) is 5.00. The Morgan fingerprint density at radius 3 is 2.12 bits per heavy atom. The van der Waals surface area contributed by atoms with Crippen LogP contribution in [0, 0.1) is 6.92 Å². The molecule has 1 heteroatoms. The summed E-state index contributed by atoms with van der Waals surface area (Å²) < 4.78 is 0. The van der Waals surface area contributed by atoms with E-state index in [9.17, 15) is 5.11 Å². The molecule has 1 fully saturated rings. The summed E-state index contributed by atoms with van der Waals surface area (Å²) in [4.78, 5) is 0. The molecule has 0 aliphatic heterocycles. The van der Waals surface area contributed by atoms with Gasteiger partial charge in [-0.15, -0.1) is 0 Å². The lowest BCUT2D eigenvalue weighted by molar-refractivity contribution is 0.0502. The predicted octanol–water partition coefficient (Wildman–Crippen LogP) is 1.52. The number of hydrogen-bond donors (Lipinski definition) is 1. The molecule has 1 nitrogen and oxygen atoms in total. The van der Waals surface area contributed by atoms with E-state index in [0.29, 0.717) is 6.42 Å². The van der Waals surface area contributed by atoms with Gasteiger partial charge in [-0.05, 0) is 19.3 Å². The monoisotopic (exact) mass is 113 g/mol. The molecule has 0 amide bonds. The summed E-state index contributed by atoms with van der Waals surface area (Å²) in [7, 11) is 0. The minimum absolute atomic E-state index is 0.375. The maximum Gasteiger partial charge on any atom is 0.0647 e. The largest absolute Gasteiger partial charge is 0.390 e. The van der Waals surface area contributed by atoms with Crippen LogP contribution >= 0.6 is 0 Å². The van der Waals surface area contributed by atoms with Crippen LogP contribution < -0.4 is 0 Å². The van der Waals surface area contributed by atoms with Crippen LogP contribution in [0.4, 0.5) is 0 Å². The van der Waals surface area contributed by atoms with Crippen molar-refractivity contribution in [2.24, 2.45) is 0 Å². The van der Waals surface area contributed by atoms with E-state index >= 15 is 0 Å². The average Bonchev–Trinajstić information content (AvgIpc) is 2.17. The van der Waals surface area contributed by atoms with Gasteiger partial charge in [0.2, 0.25) is 0 Å². The fraction of sp³-hybridized carbons (Fsp3) is 0.857. The van der Waals surface area contributed by atoms with Crippen molar-refractivity contribution in [2.45, 2.75) is 37.7 Å². The van der Waals surface area contributed by atoms with Crippen LogP contribution in [0.5, 0.6) is 0 Å². The third-order valence-electron chi connectivity index (χ3n) is 2.00. The molecule has 1 radical (unpaired) electrons. The molecular weight excluding hydrogens is 100 g/mol. The van der Waals surface area contributed by atoms with Crippen molar-refractivity contribution in [3.05, 3.63) is 6.92 Å². The molecular formula is C7H13O. The molecule has 1 N–H and O–H groups in total. The van der Waals surface area contributed by atoms with Crippen LogP contribution in [-0.2, 0) is 0 Å². The first-order valence-corrected chi connectivity index (χ1v) is 3.28. The van der Waals surface area contributed by atoms with Crippen molar-refractivity contribution in [1.82, 2.24) is 0 Å². The van der Waals surface area contributed by atoms with Gasteiger partial charge in [-0.1, -0.05) is 19.8 Å². The van der Waals surface area contributed by atoms with Gasteiger partial charge >= 0.3 is 0 Å². The average molecular weight is 113 g/mol. The Hall–Kier alpha value is -0.0400. The summed E-state index contributed by atoms with van der Waals surface area (Å²) in [5.74, 6) is 0. The zero-order valence-electron chi connectivity index (χ0n) is 5.19. The van der Waals surface area contributed by atoms with Gasteiger partial charge in [0.25, 0.3) is 0 Å². The molecule has 0 saturated heterocycles. The zero-order chi connectivity index (χ0) is 6.04. The van der Waals surface area contributed by atoms with Gasteiger partial charge in [-0.2, -0.15) is 0 Å². The van der Waals surface area contributed by atoms with Gasteiger partial charge < -0.3 is 5.11 Å². The Kier molecular flexibility index (Phi) is 1.57. The highest BCUT2D eigenvalue weighted by Crippen LogP contribution is 2.31. The second kappa shape index (κ2) is 2.06. The van der Waals surface area contributed by atoms with Gasteiger partial charge in [0.05, 0.1) is 5.60 Å². The molecule has 0 aromatic carbocycles. The zero-order valence-corrected chi connectivity index (χ0v) is 5.19. The molecule has 0 aromatic rings. The first kappa shape index (κ1) is 6.09. The number of hydrogen-bond acceptors (Lipinski definition) is 1. The summed E-state index contributed by atoms with van der Waals surface area (Å²) in [5, 5.41) is 9.44. The second-order valence-corrected chi connectivity index (χ2v) is 2.68. The van der Waals surface area contributed by atoms with Crippen LogP contribution in [0.3, 0.4) is 0 Å². The number of aliphatic hydroxyl groups is 1. The molecule has 0 bridgehead atoms. The molecule has 1 rings (SSSR count). The lowest BCUT2D eigenvalue weighted by atomic mass is 10.00. The van der Waals surface area contributed by atoms with Crippen molar-refractivity contribution in [1.29, 1.82) is 0 Å². The molecule has 0 unspecified atom stereocenters. The van der Waals surface area contributed by atoms with E-state index < -0.39 is 0 Å². The van der Waals surface area contributed by atoms with E-state index in [4.69, 9.17) is 0 Å². The summed E-state index contributed by atoms with van der Waals surface area (Å²) in [6.45, 7) is 3.69. The van der Waals surface area contributed by atoms with Crippen molar-refractivity contribution in [3.8, 4) is 0 Å². The Balaban J connectivity index is 2.40. The minimum atomic E-state index is -0.375. The van der Waals surface area contributed by atoms with E-state index in [1.165, 1.54) is 12.8 Å². The second-order valence-electron chi connectivity index (χ2n) is 2.68. The Morgan fingerprint density at radius 2 is 1.88 bits per heavy atom. The first-order valence-electron chi connectivity index (χ1n) is 3.28. The van der Waals surface area contributed by atoms with Crippen LogP contribution in [0.2, 0.25) is 0 Å². The van der Waals surface area contributed by atoms with Crippen molar-refractivity contribution in [2.75, 3.05) is 0 Å². The third kappa shape index (κ3) is 1.03. The van der Waals surface area contributed by atoms with Crippen LogP contribution in [-0.4, -0.2) is 10.7 Å². The fourth-order valence-corrected chi connectivity index (χ4v) is 1.28. The normalized spacial score (nSPS) is 26.2. The maximum absolute atomic E-state index is 9.44. The van der Waals surface area contributed by atoms with Gasteiger partial charge in [0.1, 0.15) is 0 Å². The lowest BCUT2D eigenvalue weighted by Crippen LogP contribution is -2.21. The van der Waals surface area contributed by atoms with E-state index in [0.717, 1.165) is 12.8 Å². The summed E-state index contributed by atoms with van der Waals surface area (Å²) >= 11 is 0. The van der Waals surface area contributed by atoms with E-state index in [1.807, 2.05) is 0 Å². The van der Waals surface area contributed by atoms with Gasteiger partial charge in [-0.25, -0.2) is 0 Å². The SMILES string of the molecule is [CH2]CC1(O)CCCC1. The predicted molar refractivity (Wildman–Crippen MR) is 33.4 cm³/mol. The van der Waals surface area contributed by atoms with Crippen LogP contribution in [0.15, 0.2) is 0 Å². The van der Waals surface area contributed by atoms with E-state index in [-0.39, 0.29) is 5.60 Å². The molecule has 0 heterocycles. The highest BCUT2D eigenvalue weighted by atomic mass is 16.3. The van der Waals surface area contributed by atoms with Crippen molar-refractivity contribution < 1.29 is 5.11 Å². The highest BCUT2D eigenvalue weighted by molar-refractivity contribution is 4.84. The van der Waals surface area contributed by atoms with Crippen molar-refractivity contribution >= 4 is 0 Å². The minimum Gasteiger partial charge on any atom is -0.390 e. The number of rotatable bonds is 1. The lowest BCUT2D eigenvalue weighted by Gasteiger charge is -2.18. The molecule has 8 heavy (non-hydrogen) atoms. The Labute approximate surface area is 50.7 Å².